The molecule has 1 aromatic rings. The third kappa shape index (κ3) is 2.05. The summed E-state index contributed by atoms with van der Waals surface area (Å²) in [7, 11) is 0. The third-order valence-corrected chi connectivity index (χ3v) is 2.41. The van der Waals surface area contributed by atoms with Gasteiger partial charge in [0.15, 0.2) is 0 Å². The van der Waals surface area contributed by atoms with Crippen molar-refractivity contribution in [3.8, 4) is 5.75 Å². The Morgan fingerprint density at radius 1 is 1.43 bits per heavy atom. The van der Waals surface area contributed by atoms with E-state index in [4.69, 9.17) is 4.74 Å². The summed E-state index contributed by atoms with van der Waals surface area (Å²) in [5.41, 5.74) is 2.18. The van der Waals surface area contributed by atoms with Crippen molar-refractivity contribution in [2.24, 2.45) is 0 Å². The van der Waals surface area contributed by atoms with E-state index in [1.807, 2.05) is 6.92 Å². The number of benzene rings is 1. The molecule has 1 atom stereocenters. The van der Waals surface area contributed by atoms with Gasteiger partial charge in [0.25, 0.3) is 0 Å². The van der Waals surface area contributed by atoms with Gasteiger partial charge >= 0.3 is 0 Å². The van der Waals surface area contributed by atoms with Crippen LogP contribution in [0, 0.1) is 6.92 Å². The highest BCUT2D eigenvalue weighted by Gasteiger charge is 2.15. The number of aromatic hydroxyl groups is 1. The van der Waals surface area contributed by atoms with Gasteiger partial charge in [0.2, 0.25) is 0 Å². The molecule has 0 aromatic heterocycles. The van der Waals surface area contributed by atoms with E-state index in [1.54, 1.807) is 12.1 Å². The number of nitrogens with one attached hydrogen (secondary N) is 1. The van der Waals surface area contributed by atoms with Gasteiger partial charge in [0.1, 0.15) is 5.75 Å². The first-order valence-corrected chi connectivity index (χ1v) is 4.87. The Labute approximate surface area is 83.7 Å². The van der Waals surface area contributed by atoms with Crippen LogP contribution in [0.3, 0.4) is 0 Å². The van der Waals surface area contributed by atoms with Gasteiger partial charge in [-0.25, -0.2) is 0 Å². The first kappa shape index (κ1) is 9.49. The fraction of sp³-hybridized carbons (Fsp3) is 0.455. The molecule has 0 aliphatic carbocycles. The van der Waals surface area contributed by atoms with Crippen molar-refractivity contribution in [3.05, 3.63) is 29.3 Å². The number of phenolic OH excluding ortho intramolecular Hbond substituents is 1. The van der Waals surface area contributed by atoms with Gasteiger partial charge in [0.05, 0.1) is 19.3 Å². The highest BCUT2D eigenvalue weighted by molar-refractivity contribution is 5.34. The zero-order valence-corrected chi connectivity index (χ0v) is 8.29. The molecule has 1 aliphatic heterocycles. The third-order valence-electron chi connectivity index (χ3n) is 2.41. The maximum atomic E-state index is 9.46. The van der Waals surface area contributed by atoms with Gasteiger partial charge in [0, 0.05) is 6.54 Å². The lowest BCUT2D eigenvalue weighted by atomic mass is 10.0. The molecule has 0 saturated carbocycles. The van der Waals surface area contributed by atoms with Crippen LogP contribution in [-0.2, 0) is 4.74 Å². The van der Waals surface area contributed by atoms with Crippen LogP contribution in [0.4, 0.5) is 0 Å². The minimum absolute atomic E-state index is 0.217. The van der Waals surface area contributed by atoms with Crippen LogP contribution in [0.15, 0.2) is 18.2 Å². The SMILES string of the molecule is Cc1cc(O)cc(C2COCCN2)c1. The summed E-state index contributed by atoms with van der Waals surface area (Å²) in [6.07, 6.45) is 0. The average molecular weight is 193 g/mol. The monoisotopic (exact) mass is 193 g/mol. The Bertz CT molecular complexity index is 299. The van der Waals surface area contributed by atoms with Crippen LogP contribution >= 0.6 is 0 Å². The van der Waals surface area contributed by atoms with E-state index < -0.39 is 0 Å². The van der Waals surface area contributed by atoms with E-state index in [-0.39, 0.29) is 6.04 Å². The molecule has 1 aromatic carbocycles. The fourth-order valence-corrected chi connectivity index (χ4v) is 1.77. The molecule has 0 bridgehead atoms. The number of phenols is 1. The zero-order valence-electron chi connectivity index (χ0n) is 8.29. The molecular weight excluding hydrogens is 178 g/mol. The minimum Gasteiger partial charge on any atom is -0.508 e. The molecule has 14 heavy (non-hydrogen) atoms. The molecule has 0 spiro atoms. The lowest BCUT2D eigenvalue weighted by Gasteiger charge is -2.24. The number of morpholine rings is 1. The molecule has 1 aliphatic rings. The fourth-order valence-electron chi connectivity index (χ4n) is 1.77. The number of rotatable bonds is 1. The van der Waals surface area contributed by atoms with Crippen LogP contribution in [0.5, 0.6) is 5.75 Å². The molecule has 1 saturated heterocycles. The molecule has 1 fully saturated rings. The van der Waals surface area contributed by atoms with Crippen molar-refractivity contribution in [1.29, 1.82) is 0 Å². The van der Waals surface area contributed by atoms with E-state index in [1.165, 1.54) is 0 Å². The smallest absolute Gasteiger partial charge is 0.116 e. The maximum Gasteiger partial charge on any atom is 0.116 e. The van der Waals surface area contributed by atoms with Crippen molar-refractivity contribution in [1.82, 2.24) is 5.32 Å². The Morgan fingerprint density at radius 2 is 2.29 bits per heavy atom. The van der Waals surface area contributed by atoms with Crippen LogP contribution < -0.4 is 5.32 Å². The summed E-state index contributed by atoms with van der Waals surface area (Å²) < 4.78 is 5.37. The molecule has 0 amide bonds. The first-order chi connectivity index (χ1) is 6.75. The van der Waals surface area contributed by atoms with Crippen molar-refractivity contribution >= 4 is 0 Å². The van der Waals surface area contributed by atoms with E-state index >= 15 is 0 Å². The van der Waals surface area contributed by atoms with Gasteiger partial charge in [-0.3, -0.25) is 0 Å². The number of aryl methyl sites for hydroxylation is 1. The van der Waals surface area contributed by atoms with Gasteiger partial charge in [-0.2, -0.15) is 0 Å². The Morgan fingerprint density at radius 3 is 2.93 bits per heavy atom. The van der Waals surface area contributed by atoms with Gasteiger partial charge in [-0.05, 0) is 30.2 Å². The average Bonchev–Trinajstić information content (AvgIpc) is 2.18. The van der Waals surface area contributed by atoms with Crippen molar-refractivity contribution in [2.75, 3.05) is 19.8 Å². The second-order valence-corrected chi connectivity index (χ2v) is 3.68. The standard InChI is InChI=1S/C11H15NO2/c1-8-4-9(6-10(13)5-8)11-7-14-3-2-12-11/h4-6,11-13H,2-3,7H2,1H3. The van der Waals surface area contributed by atoms with E-state index in [0.717, 1.165) is 24.3 Å². The lowest BCUT2D eigenvalue weighted by Crippen LogP contribution is -2.34. The largest absolute Gasteiger partial charge is 0.508 e. The summed E-state index contributed by atoms with van der Waals surface area (Å²) in [6.45, 7) is 4.31. The van der Waals surface area contributed by atoms with E-state index in [0.29, 0.717) is 12.4 Å². The summed E-state index contributed by atoms with van der Waals surface area (Å²) in [5, 5.41) is 12.8. The van der Waals surface area contributed by atoms with Crippen molar-refractivity contribution in [3.63, 3.8) is 0 Å². The van der Waals surface area contributed by atoms with Gasteiger partial charge < -0.3 is 15.2 Å². The quantitative estimate of drug-likeness (QED) is 0.707. The Hall–Kier alpha value is -1.06. The molecule has 76 valence electrons. The topological polar surface area (TPSA) is 41.5 Å². The highest BCUT2D eigenvalue weighted by Crippen LogP contribution is 2.22. The van der Waals surface area contributed by atoms with Crippen LogP contribution in [0.2, 0.25) is 0 Å². The molecule has 2 rings (SSSR count). The summed E-state index contributed by atoms with van der Waals surface area (Å²) in [5.74, 6) is 0.326. The highest BCUT2D eigenvalue weighted by atomic mass is 16.5. The van der Waals surface area contributed by atoms with E-state index in [2.05, 4.69) is 11.4 Å². The number of hydrogen-bond donors (Lipinski definition) is 2. The van der Waals surface area contributed by atoms with Crippen molar-refractivity contribution < 1.29 is 9.84 Å². The summed E-state index contributed by atoms with van der Waals surface area (Å²) >= 11 is 0. The van der Waals surface area contributed by atoms with Crippen molar-refractivity contribution in [2.45, 2.75) is 13.0 Å². The van der Waals surface area contributed by atoms with Crippen LogP contribution in [-0.4, -0.2) is 24.9 Å². The Kier molecular flexibility index (Phi) is 2.70. The van der Waals surface area contributed by atoms with E-state index in [9.17, 15) is 5.11 Å². The predicted octanol–water partition coefficient (Wildman–Crippen LogP) is 1.36. The second-order valence-electron chi connectivity index (χ2n) is 3.68. The molecule has 1 heterocycles. The predicted molar refractivity (Wildman–Crippen MR) is 54.4 cm³/mol. The molecule has 3 nitrogen and oxygen atoms in total. The maximum absolute atomic E-state index is 9.46. The number of hydrogen-bond acceptors (Lipinski definition) is 3. The Balaban J connectivity index is 2.21. The van der Waals surface area contributed by atoms with Crippen LogP contribution in [0.1, 0.15) is 17.2 Å². The minimum atomic E-state index is 0.217. The molecule has 1 unspecified atom stereocenters. The first-order valence-electron chi connectivity index (χ1n) is 4.87. The molecule has 3 heteroatoms. The molecule has 2 N–H and O–H groups in total. The molecular formula is C11H15NO2. The summed E-state index contributed by atoms with van der Waals surface area (Å²) in [6, 6.07) is 5.84. The van der Waals surface area contributed by atoms with Gasteiger partial charge in [-0.15, -0.1) is 0 Å². The normalized spacial score (nSPS) is 22.2. The summed E-state index contributed by atoms with van der Waals surface area (Å²) in [4.78, 5) is 0. The second kappa shape index (κ2) is 3.98. The van der Waals surface area contributed by atoms with Gasteiger partial charge in [-0.1, -0.05) is 6.07 Å². The molecule has 0 radical (unpaired) electrons. The van der Waals surface area contributed by atoms with Crippen LogP contribution in [0.25, 0.3) is 0 Å². The lowest BCUT2D eigenvalue weighted by molar-refractivity contribution is 0.0768. The number of ether oxygens (including phenoxy) is 1. The zero-order chi connectivity index (χ0) is 9.97.